The molecule has 1 aliphatic carbocycles. The summed E-state index contributed by atoms with van der Waals surface area (Å²) in [6.45, 7) is 7.81. The molecule has 4 nitrogen and oxygen atoms in total. The molecule has 1 atom stereocenters. The Kier molecular flexibility index (Phi) is 4.75. The molecule has 1 amide bonds. The van der Waals surface area contributed by atoms with Gasteiger partial charge in [-0.15, -0.1) is 0 Å². The van der Waals surface area contributed by atoms with Gasteiger partial charge >= 0.3 is 0 Å². The second-order valence-electron chi connectivity index (χ2n) is 7.60. The summed E-state index contributed by atoms with van der Waals surface area (Å²) >= 11 is 0. The topological polar surface area (TPSA) is 61.4 Å². The molecule has 0 aromatic heterocycles. The first-order chi connectivity index (χ1) is 9.32. The fraction of sp³-hybridized carbons (Fsp3) is 0.938. The molecule has 116 valence electrons. The van der Waals surface area contributed by atoms with Crippen LogP contribution in [0.4, 0.5) is 0 Å². The summed E-state index contributed by atoms with van der Waals surface area (Å²) in [5, 5.41) is 16.8. The van der Waals surface area contributed by atoms with Crippen LogP contribution < -0.4 is 10.6 Å². The summed E-state index contributed by atoms with van der Waals surface area (Å²) in [4.78, 5) is 12.4. The van der Waals surface area contributed by atoms with Crippen molar-refractivity contribution >= 4 is 5.91 Å². The van der Waals surface area contributed by atoms with Crippen molar-refractivity contribution in [2.75, 3.05) is 13.1 Å². The first kappa shape index (κ1) is 15.8. The van der Waals surface area contributed by atoms with Gasteiger partial charge < -0.3 is 15.7 Å². The summed E-state index contributed by atoms with van der Waals surface area (Å²) in [5.74, 6) is 0.742. The minimum atomic E-state index is -0.693. The number of carbonyl (C=O) groups excluding carboxylic acids is 1. The highest BCUT2D eigenvalue weighted by Crippen LogP contribution is 2.32. The molecule has 2 rings (SSSR count). The number of nitrogens with one attached hydrogen (secondary N) is 2. The number of hydrogen-bond acceptors (Lipinski definition) is 3. The van der Waals surface area contributed by atoms with Crippen LogP contribution in [0.2, 0.25) is 0 Å². The van der Waals surface area contributed by atoms with Gasteiger partial charge in [-0.25, -0.2) is 0 Å². The van der Waals surface area contributed by atoms with E-state index < -0.39 is 5.60 Å². The Morgan fingerprint density at radius 2 is 1.95 bits per heavy atom. The Hall–Kier alpha value is -0.610. The largest absolute Gasteiger partial charge is 0.388 e. The molecule has 20 heavy (non-hydrogen) atoms. The quantitative estimate of drug-likeness (QED) is 0.740. The van der Waals surface area contributed by atoms with Gasteiger partial charge in [0.2, 0.25) is 5.91 Å². The fourth-order valence-corrected chi connectivity index (χ4v) is 3.49. The van der Waals surface area contributed by atoms with Gasteiger partial charge in [-0.1, -0.05) is 20.8 Å². The molecule has 0 aromatic carbocycles. The molecule has 0 aromatic rings. The van der Waals surface area contributed by atoms with Crippen LogP contribution in [0.1, 0.15) is 59.3 Å². The lowest BCUT2D eigenvalue weighted by Crippen LogP contribution is -2.57. The van der Waals surface area contributed by atoms with Crippen LogP contribution in [0.3, 0.4) is 0 Å². The molecule has 2 fully saturated rings. The number of carbonyl (C=O) groups is 1. The zero-order valence-corrected chi connectivity index (χ0v) is 13.2. The average Bonchev–Trinajstić information content (AvgIpc) is 2.40. The Morgan fingerprint density at radius 3 is 2.55 bits per heavy atom. The van der Waals surface area contributed by atoms with E-state index in [0.717, 1.165) is 45.1 Å². The lowest BCUT2D eigenvalue weighted by atomic mass is 9.76. The van der Waals surface area contributed by atoms with E-state index in [4.69, 9.17) is 0 Å². The molecule has 1 saturated heterocycles. The van der Waals surface area contributed by atoms with E-state index in [0.29, 0.717) is 12.5 Å². The van der Waals surface area contributed by atoms with Crippen LogP contribution in [0.15, 0.2) is 0 Å². The third kappa shape index (κ3) is 3.73. The highest BCUT2D eigenvalue weighted by Gasteiger charge is 2.38. The lowest BCUT2D eigenvalue weighted by molar-refractivity contribution is -0.128. The van der Waals surface area contributed by atoms with Crippen LogP contribution >= 0.6 is 0 Å². The molecule has 1 unspecified atom stereocenters. The van der Waals surface area contributed by atoms with E-state index in [9.17, 15) is 9.90 Å². The standard InChI is InChI=1S/C16H30N2O2/c1-12-5-8-16(20,9-6-12)11-18-14(19)13-15(2,3)7-4-10-17-13/h12-13,17,20H,4-11H2,1-3H3,(H,18,19). The monoisotopic (exact) mass is 282 g/mol. The maximum Gasteiger partial charge on any atom is 0.237 e. The third-order valence-electron chi connectivity index (χ3n) is 5.19. The zero-order valence-electron chi connectivity index (χ0n) is 13.2. The van der Waals surface area contributed by atoms with Gasteiger partial charge in [0.1, 0.15) is 0 Å². The molecule has 1 aliphatic heterocycles. The molecule has 3 N–H and O–H groups in total. The van der Waals surface area contributed by atoms with E-state index in [1.165, 1.54) is 0 Å². The van der Waals surface area contributed by atoms with Crippen LogP contribution in [0, 0.1) is 11.3 Å². The molecular formula is C16H30N2O2. The maximum atomic E-state index is 12.4. The van der Waals surface area contributed by atoms with E-state index in [1.54, 1.807) is 0 Å². The number of amides is 1. The molecule has 0 bridgehead atoms. The Bertz CT molecular complexity index is 346. The van der Waals surface area contributed by atoms with Gasteiger partial charge in [-0.3, -0.25) is 4.79 Å². The minimum absolute atomic E-state index is 0.00791. The van der Waals surface area contributed by atoms with E-state index in [-0.39, 0.29) is 17.4 Å². The first-order valence-electron chi connectivity index (χ1n) is 8.06. The van der Waals surface area contributed by atoms with Crippen molar-refractivity contribution < 1.29 is 9.90 Å². The van der Waals surface area contributed by atoms with E-state index in [1.807, 2.05) is 0 Å². The van der Waals surface area contributed by atoms with Crippen molar-refractivity contribution in [1.82, 2.24) is 10.6 Å². The predicted molar refractivity (Wildman–Crippen MR) is 80.4 cm³/mol. The fourth-order valence-electron chi connectivity index (χ4n) is 3.49. The van der Waals surface area contributed by atoms with Crippen molar-refractivity contribution in [2.45, 2.75) is 70.9 Å². The van der Waals surface area contributed by atoms with Gasteiger partial charge in [0, 0.05) is 6.54 Å². The second-order valence-corrected chi connectivity index (χ2v) is 7.60. The van der Waals surface area contributed by atoms with Gasteiger partial charge in [0.05, 0.1) is 11.6 Å². The van der Waals surface area contributed by atoms with Crippen molar-refractivity contribution in [3.05, 3.63) is 0 Å². The smallest absolute Gasteiger partial charge is 0.237 e. The number of piperidine rings is 1. The molecular weight excluding hydrogens is 252 g/mol. The lowest BCUT2D eigenvalue weighted by Gasteiger charge is -2.40. The molecule has 2 aliphatic rings. The summed E-state index contributed by atoms with van der Waals surface area (Å²) in [5.41, 5.74) is -0.701. The molecule has 1 saturated carbocycles. The van der Waals surface area contributed by atoms with Crippen LogP contribution in [-0.2, 0) is 4.79 Å². The number of hydrogen-bond donors (Lipinski definition) is 3. The Balaban J connectivity index is 1.85. The Morgan fingerprint density at radius 1 is 1.30 bits per heavy atom. The van der Waals surface area contributed by atoms with Crippen LogP contribution in [0.25, 0.3) is 0 Å². The average molecular weight is 282 g/mol. The van der Waals surface area contributed by atoms with Crippen molar-refractivity contribution in [2.24, 2.45) is 11.3 Å². The van der Waals surface area contributed by atoms with Crippen molar-refractivity contribution in [3.63, 3.8) is 0 Å². The molecule has 0 radical (unpaired) electrons. The summed E-state index contributed by atoms with van der Waals surface area (Å²) < 4.78 is 0. The second kappa shape index (κ2) is 6.02. The summed E-state index contributed by atoms with van der Waals surface area (Å²) in [6, 6.07) is -0.137. The van der Waals surface area contributed by atoms with Gasteiger partial charge in [0.25, 0.3) is 0 Å². The van der Waals surface area contributed by atoms with E-state index in [2.05, 4.69) is 31.4 Å². The maximum absolute atomic E-state index is 12.4. The third-order valence-corrected chi connectivity index (χ3v) is 5.19. The highest BCUT2D eigenvalue weighted by atomic mass is 16.3. The molecule has 0 spiro atoms. The van der Waals surface area contributed by atoms with E-state index >= 15 is 0 Å². The van der Waals surface area contributed by atoms with Crippen LogP contribution in [-0.4, -0.2) is 35.7 Å². The minimum Gasteiger partial charge on any atom is -0.388 e. The molecule has 1 heterocycles. The van der Waals surface area contributed by atoms with Crippen LogP contribution in [0.5, 0.6) is 0 Å². The summed E-state index contributed by atoms with van der Waals surface area (Å²) in [6.07, 6.45) is 5.91. The number of aliphatic hydroxyl groups is 1. The summed E-state index contributed by atoms with van der Waals surface area (Å²) in [7, 11) is 0. The predicted octanol–water partition coefficient (Wildman–Crippen LogP) is 1.82. The van der Waals surface area contributed by atoms with Gasteiger partial charge in [0.15, 0.2) is 0 Å². The first-order valence-corrected chi connectivity index (χ1v) is 8.06. The number of rotatable bonds is 3. The van der Waals surface area contributed by atoms with Crippen molar-refractivity contribution in [3.8, 4) is 0 Å². The van der Waals surface area contributed by atoms with Crippen molar-refractivity contribution in [1.29, 1.82) is 0 Å². The zero-order chi connectivity index (χ0) is 14.8. The normalized spacial score (nSPS) is 37.4. The molecule has 4 heteroatoms. The highest BCUT2D eigenvalue weighted by molar-refractivity contribution is 5.82. The SMILES string of the molecule is CC1CCC(O)(CNC(=O)C2NCCCC2(C)C)CC1. The van der Waals surface area contributed by atoms with Gasteiger partial charge in [-0.2, -0.15) is 0 Å². The van der Waals surface area contributed by atoms with Gasteiger partial charge in [-0.05, 0) is 56.4 Å². The Labute approximate surface area is 122 Å².